The number of hydrogen-bond donors (Lipinski definition) is 0. The predicted octanol–water partition coefficient (Wildman–Crippen LogP) is 2.91. The fraction of sp³-hybridized carbons (Fsp3) is 0. The first-order valence-electron chi connectivity index (χ1n) is 3.84. The Morgan fingerprint density at radius 2 is 1.93 bits per heavy atom. The van der Waals surface area contributed by atoms with Crippen LogP contribution >= 0.6 is 15.9 Å². The largest absolute Gasteiger partial charge is 0.294 e. The first kappa shape index (κ1) is 9.33. The van der Waals surface area contributed by atoms with Crippen molar-refractivity contribution in [2.45, 2.75) is 0 Å². The average molecular weight is 259 g/mol. The van der Waals surface area contributed by atoms with Crippen molar-refractivity contribution in [1.29, 1.82) is 0 Å². The van der Waals surface area contributed by atoms with Gasteiger partial charge in [-0.1, -0.05) is 12.1 Å². The first-order valence-corrected chi connectivity index (χ1v) is 4.63. The van der Waals surface area contributed by atoms with Gasteiger partial charge in [0.25, 0.3) is 6.08 Å². The number of benzene rings is 1. The Morgan fingerprint density at radius 1 is 1.21 bits per heavy atom. The third-order valence-electron chi connectivity index (χ3n) is 1.75. The van der Waals surface area contributed by atoms with Gasteiger partial charge in [-0.05, 0) is 28.1 Å². The molecule has 5 heteroatoms. The lowest BCUT2D eigenvalue weighted by molar-refractivity contribution is 0.512. The lowest BCUT2D eigenvalue weighted by Gasteiger charge is -2.02. The average Bonchev–Trinajstić information content (AvgIpc) is 2.46. The highest BCUT2D eigenvalue weighted by atomic mass is 79.9. The Hall–Kier alpha value is -1.23. The van der Waals surface area contributed by atoms with E-state index in [1.807, 2.05) is 0 Å². The molecule has 1 aromatic heterocycles. The summed E-state index contributed by atoms with van der Waals surface area (Å²) in [6.07, 6.45) is 0.621. The Bertz CT molecular complexity index is 468. The zero-order valence-electron chi connectivity index (χ0n) is 6.92. The van der Waals surface area contributed by atoms with E-state index in [4.69, 9.17) is 0 Å². The van der Waals surface area contributed by atoms with E-state index in [9.17, 15) is 8.78 Å². The number of aromatic nitrogens is 2. The number of hydrogen-bond acceptors (Lipinski definition) is 1. The van der Waals surface area contributed by atoms with Crippen molar-refractivity contribution in [3.8, 4) is 5.69 Å². The van der Waals surface area contributed by atoms with Crippen LogP contribution in [0.25, 0.3) is 5.69 Å². The summed E-state index contributed by atoms with van der Waals surface area (Å²) in [7, 11) is 0. The van der Waals surface area contributed by atoms with E-state index >= 15 is 0 Å². The van der Waals surface area contributed by atoms with Crippen LogP contribution < -0.4 is 0 Å². The molecule has 0 atom stereocenters. The molecule has 0 amide bonds. The molecule has 72 valence electrons. The zero-order valence-corrected chi connectivity index (χ0v) is 8.50. The molecule has 0 aliphatic carbocycles. The second-order valence-electron chi connectivity index (χ2n) is 2.65. The summed E-state index contributed by atoms with van der Waals surface area (Å²) in [5, 5.41) is 0. The van der Waals surface area contributed by atoms with Crippen LogP contribution in [0.4, 0.5) is 8.78 Å². The van der Waals surface area contributed by atoms with Gasteiger partial charge in [0, 0.05) is 6.20 Å². The fourth-order valence-corrected chi connectivity index (χ4v) is 1.50. The maximum Gasteiger partial charge on any atom is 0.294 e. The summed E-state index contributed by atoms with van der Waals surface area (Å²) in [5.41, 5.74) is 0.142. The molecular weight excluding hydrogens is 254 g/mol. The molecule has 0 N–H and O–H groups in total. The van der Waals surface area contributed by atoms with Crippen LogP contribution in [0.5, 0.6) is 0 Å². The summed E-state index contributed by atoms with van der Waals surface area (Å²) in [5.74, 6) is -0.490. The third kappa shape index (κ3) is 1.55. The molecule has 0 saturated heterocycles. The Labute approximate surface area is 87.3 Å². The van der Waals surface area contributed by atoms with Crippen LogP contribution in [0.2, 0.25) is 0 Å². The molecule has 0 fully saturated rings. The van der Waals surface area contributed by atoms with Gasteiger partial charge in [0.15, 0.2) is 0 Å². The van der Waals surface area contributed by atoms with E-state index in [-0.39, 0.29) is 5.69 Å². The van der Waals surface area contributed by atoms with E-state index in [0.717, 1.165) is 4.57 Å². The molecule has 2 nitrogen and oxygen atoms in total. The van der Waals surface area contributed by atoms with Gasteiger partial charge in [0.05, 0.1) is 5.69 Å². The van der Waals surface area contributed by atoms with Crippen molar-refractivity contribution in [1.82, 2.24) is 9.55 Å². The number of rotatable bonds is 1. The summed E-state index contributed by atoms with van der Waals surface area (Å²) in [6.45, 7) is 0. The van der Waals surface area contributed by atoms with Crippen LogP contribution in [0, 0.1) is 11.9 Å². The van der Waals surface area contributed by atoms with E-state index in [1.165, 1.54) is 18.3 Å². The molecule has 0 aliphatic heterocycles. The maximum absolute atomic E-state index is 13.2. The minimum Gasteiger partial charge on any atom is -0.272 e. The van der Waals surface area contributed by atoms with E-state index in [2.05, 4.69) is 20.9 Å². The molecule has 14 heavy (non-hydrogen) atoms. The van der Waals surface area contributed by atoms with Crippen molar-refractivity contribution < 1.29 is 8.78 Å². The highest BCUT2D eigenvalue weighted by molar-refractivity contribution is 9.10. The highest BCUT2D eigenvalue weighted by Gasteiger charge is 2.10. The van der Waals surface area contributed by atoms with Gasteiger partial charge in [-0.3, -0.25) is 4.57 Å². The monoisotopic (exact) mass is 258 g/mol. The maximum atomic E-state index is 13.2. The number of imidazole rings is 1. The minimum atomic E-state index is -0.748. The molecule has 0 spiro atoms. The van der Waals surface area contributed by atoms with E-state index in [0.29, 0.717) is 4.60 Å². The number of nitrogens with zero attached hydrogens (tertiary/aromatic N) is 2. The number of para-hydroxylation sites is 1. The van der Waals surface area contributed by atoms with Crippen molar-refractivity contribution in [3.63, 3.8) is 0 Å². The topological polar surface area (TPSA) is 17.8 Å². The van der Waals surface area contributed by atoms with Crippen LogP contribution in [0.1, 0.15) is 0 Å². The van der Waals surface area contributed by atoms with Gasteiger partial charge in [0.1, 0.15) is 10.4 Å². The normalized spacial score (nSPS) is 10.5. The van der Waals surface area contributed by atoms with E-state index < -0.39 is 11.9 Å². The summed E-state index contributed by atoms with van der Waals surface area (Å²) >= 11 is 3.01. The molecule has 2 rings (SSSR count). The zero-order chi connectivity index (χ0) is 10.1. The van der Waals surface area contributed by atoms with Gasteiger partial charge in [-0.25, -0.2) is 4.39 Å². The lowest BCUT2D eigenvalue weighted by Crippen LogP contribution is -1.98. The highest BCUT2D eigenvalue weighted by Crippen LogP contribution is 2.17. The Morgan fingerprint density at radius 3 is 2.50 bits per heavy atom. The Balaban J connectivity index is 2.60. The standard InChI is InChI=1S/C9H5BrF2N2/c10-8-5-14(9(12)13-8)7-4-2-1-3-6(7)11/h1-5H. The molecule has 0 unspecified atom stereocenters. The van der Waals surface area contributed by atoms with Crippen LogP contribution in [0.15, 0.2) is 35.1 Å². The van der Waals surface area contributed by atoms with Crippen LogP contribution in [0.3, 0.4) is 0 Å². The second kappa shape index (κ2) is 3.49. The minimum absolute atomic E-state index is 0.142. The molecule has 2 aromatic rings. The van der Waals surface area contributed by atoms with Gasteiger partial charge in [-0.2, -0.15) is 9.37 Å². The van der Waals surface area contributed by atoms with Gasteiger partial charge >= 0.3 is 0 Å². The smallest absolute Gasteiger partial charge is 0.272 e. The van der Waals surface area contributed by atoms with Gasteiger partial charge in [0.2, 0.25) is 0 Å². The quantitative estimate of drug-likeness (QED) is 0.769. The lowest BCUT2D eigenvalue weighted by atomic mass is 10.3. The molecule has 0 aliphatic rings. The molecule has 1 heterocycles. The first-order chi connectivity index (χ1) is 6.68. The van der Waals surface area contributed by atoms with Gasteiger partial charge in [-0.15, -0.1) is 0 Å². The number of halogens is 3. The summed E-state index contributed by atoms with van der Waals surface area (Å²) < 4.78 is 27.7. The molecular formula is C9H5BrF2N2. The molecule has 0 radical (unpaired) electrons. The van der Waals surface area contributed by atoms with Gasteiger partial charge < -0.3 is 0 Å². The van der Waals surface area contributed by atoms with Crippen molar-refractivity contribution in [2.75, 3.05) is 0 Å². The molecule has 1 aromatic carbocycles. The third-order valence-corrected chi connectivity index (χ3v) is 2.13. The second-order valence-corrected chi connectivity index (χ2v) is 3.47. The Kier molecular flexibility index (Phi) is 2.33. The van der Waals surface area contributed by atoms with Crippen LogP contribution in [-0.2, 0) is 0 Å². The molecule has 0 bridgehead atoms. The fourth-order valence-electron chi connectivity index (χ4n) is 1.15. The SMILES string of the molecule is Fc1ccccc1-n1cc(Br)nc1F. The predicted molar refractivity (Wildman–Crippen MR) is 51.2 cm³/mol. The van der Waals surface area contributed by atoms with Crippen molar-refractivity contribution in [3.05, 3.63) is 47.0 Å². The summed E-state index contributed by atoms with van der Waals surface area (Å²) in [6, 6.07) is 5.92. The van der Waals surface area contributed by atoms with Crippen molar-refractivity contribution in [2.24, 2.45) is 0 Å². The van der Waals surface area contributed by atoms with Crippen molar-refractivity contribution >= 4 is 15.9 Å². The summed E-state index contributed by atoms with van der Waals surface area (Å²) in [4.78, 5) is 3.47. The van der Waals surface area contributed by atoms with Crippen LogP contribution in [-0.4, -0.2) is 9.55 Å². The molecule has 0 saturated carbocycles. The van der Waals surface area contributed by atoms with E-state index in [1.54, 1.807) is 12.1 Å².